The number of aryl methyl sites for hydroxylation is 1. The van der Waals surface area contributed by atoms with Crippen LogP contribution >= 0.6 is 22.6 Å². The van der Waals surface area contributed by atoms with E-state index in [-0.39, 0.29) is 5.97 Å². The van der Waals surface area contributed by atoms with Crippen molar-refractivity contribution >= 4 is 28.6 Å². The molecule has 0 unspecified atom stereocenters. The SMILES string of the molecule is CCOC(=O)c1cc(I)c(OCc2ccc(C)cc2)c(OCC)c1. The highest BCUT2D eigenvalue weighted by Gasteiger charge is 2.17. The van der Waals surface area contributed by atoms with Crippen LogP contribution in [0.4, 0.5) is 0 Å². The van der Waals surface area contributed by atoms with E-state index in [1.165, 1.54) is 5.56 Å². The monoisotopic (exact) mass is 440 g/mol. The summed E-state index contributed by atoms with van der Waals surface area (Å²) in [7, 11) is 0. The van der Waals surface area contributed by atoms with Gasteiger partial charge in [-0.15, -0.1) is 0 Å². The molecule has 0 bridgehead atoms. The molecule has 0 saturated carbocycles. The number of hydrogen-bond acceptors (Lipinski definition) is 4. The lowest BCUT2D eigenvalue weighted by molar-refractivity contribution is 0.0525. The van der Waals surface area contributed by atoms with Crippen LogP contribution in [0.5, 0.6) is 11.5 Å². The molecule has 0 N–H and O–H groups in total. The molecule has 0 aromatic heterocycles. The molecule has 0 atom stereocenters. The maximum atomic E-state index is 12.0. The third-order valence-corrected chi connectivity index (χ3v) is 4.13. The quantitative estimate of drug-likeness (QED) is 0.461. The van der Waals surface area contributed by atoms with Gasteiger partial charge in [0, 0.05) is 0 Å². The molecule has 24 heavy (non-hydrogen) atoms. The molecule has 2 aromatic carbocycles. The first-order valence-corrected chi connectivity index (χ1v) is 8.94. The van der Waals surface area contributed by atoms with E-state index >= 15 is 0 Å². The van der Waals surface area contributed by atoms with Gasteiger partial charge in [-0.2, -0.15) is 0 Å². The molecule has 0 aliphatic heterocycles. The lowest BCUT2D eigenvalue weighted by Gasteiger charge is -2.15. The fourth-order valence-electron chi connectivity index (χ4n) is 2.14. The number of halogens is 1. The second-order valence-corrected chi connectivity index (χ2v) is 6.38. The molecule has 0 radical (unpaired) electrons. The van der Waals surface area contributed by atoms with Gasteiger partial charge >= 0.3 is 5.97 Å². The van der Waals surface area contributed by atoms with Crippen LogP contribution in [0, 0.1) is 10.5 Å². The maximum absolute atomic E-state index is 12.0. The second kappa shape index (κ2) is 8.92. The van der Waals surface area contributed by atoms with E-state index in [4.69, 9.17) is 14.2 Å². The summed E-state index contributed by atoms with van der Waals surface area (Å²) in [5.74, 6) is 0.840. The molecule has 0 heterocycles. The lowest BCUT2D eigenvalue weighted by Crippen LogP contribution is -2.08. The van der Waals surface area contributed by atoms with Gasteiger partial charge in [-0.05, 0) is 61.1 Å². The number of carbonyl (C=O) groups excluding carboxylic acids is 1. The third-order valence-electron chi connectivity index (χ3n) is 3.32. The van der Waals surface area contributed by atoms with Crippen molar-refractivity contribution in [3.63, 3.8) is 0 Å². The largest absolute Gasteiger partial charge is 0.490 e. The summed E-state index contributed by atoms with van der Waals surface area (Å²) in [4.78, 5) is 12.0. The molecule has 2 rings (SSSR count). The third kappa shape index (κ3) is 4.87. The van der Waals surface area contributed by atoms with Crippen LogP contribution in [0.1, 0.15) is 35.3 Å². The van der Waals surface area contributed by atoms with Crippen molar-refractivity contribution in [3.05, 3.63) is 56.7 Å². The minimum Gasteiger partial charge on any atom is -0.490 e. The van der Waals surface area contributed by atoms with E-state index in [2.05, 4.69) is 41.6 Å². The highest BCUT2D eigenvalue weighted by molar-refractivity contribution is 14.1. The standard InChI is InChI=1S/C19H21IO4/c1-4-22-17-11-15(19(21)23-5-2)10-16(20)18(17)24-12-14-8-6-13(3)7-9-14/h6-11H,4-5,12H2,1-3H3. The number of carbonyl (C=O) groups is 1. The summed E-state index contributed by atoms with van der Waals surface area (Å²) in [6, 6.07) is 11.6. The molecule has 0 saturated heterocycles. The van der Waals surface area contributed by atoms with Gasteiger partial charge in [0.15, 0.2) is 11.5 Å². The molecule has 0 amide bonds. The van der Waals surface area contributed by atoms with Gasteiger partial charge in [-0.1, -0.05) is 29.8 Å². The Kier molecular flexibility index (Phi) is 6.90. The van der Waals surface area contributed by atoms with Gasteiger partial charge in [-0.3, -0.25) is 0 Å². The zero-order chi connectivity index (χ0) is 17.5. The average Bonchev–Trinajstić information content (AvgIpc) is 2.56. The molecular formula is C19H21IO4. The number of rotatable bonds is 7. The first kappa shape index (κ1) is 18.6. The summed E-state index contributed by atoms with van der Waals surface area (Å²) < 4.78 is 17.5. The summed E-state index contributed by atoms with van der Waals surface area (Å²) in [5.41, 5.74) is 2.75. The van der Waals surface area contributed by atoms with E-state index < -0.39 is 0 Å². The molecule has 0 fully saturated rings. The van der Waals surface area contributed by atoms with Gasteiger partial charge in [0.1, 0.15) is 6.61 Å². The minimum absolute atomic E-state index is 0.338. The normalized spacial score (nSPS) is 10.3. The van der Waals surface area contributed by atoms with Crippen molar-refractivity contribution in [2.75, 3.05) is 13.2 Å². The summed E-state index contributed by atoms with van der Waals surface area (Å²) in [6.07, 6.45) is 0. The molecule has 2 aromatic rings. The molecular weight excluding hydrogens is 419 g/mol. The Morgan fingerprint density at radius 3 is 2.38 bits per heavy atom. The van der Waals surface area contributed by atoms with Crippen LogP contribution in [0.2, 0.25) is 0 Å². The predicted octanol–water partition coefficient (Wildman–Crippen LogP) is 4.75. The van der Waals surface area contributed by atoms with Crippen molar-refractivity contribution in [3.8, 4) is 11.5 Å². The van der Waals surface area contributed by atoms with Crippen molar-refractivity contribution < 1.29 is 19.0 Å². The molecule has 0 spiro atoms. The first-order valence-electron chi connectivity index (χ1n) is 7.87. The molecule has 5 heteroatoms. The molecule has 4 nitrogen and oxygen atoms in total. The van der Waals surface area contributed by atoms with Gasteiger partial charge < -0.3 is 14.2 Å². The Morgan fingerprint density at radius 2 is 1.75 bits per heavy atom. The number of esters is 1. The van der Waals surface area contributed by atoms with Crippen LogP contribution in [-0.2, 0) is 11.3 Å². The predicted molar refractivity (Wildman–Crippen MR) is 102 cm³/mol. The summed E-state index contributed by atoms with van der Waals surface area (Å²) in [5, 5.41) is 0. The zero-order valence-corrected chi connectivity index (χ0v) is 16.3. The number of ether oxygens (including phenoxy) is 3. The maximum Gasteiger partial charge on any atom is 0.338 e. The van der Waals surface area contributed by atoms with E-state index in [1.807, 2.05) is 19.1 Å². The highest BCUT2D eigenvalue weighted by atomic mass is 127. The van der Waals surface area contributed by atoms with Crippen LogP contribution in [0.3, 0.4) is 0 Å². The Labute approximate surface area is 156 Å². The second-order valence-electron chi connectivity index (χ2n) is 5.21. The number of benzene rings is 2. The Morgan fingerprint density at radius 1 is 1.04 bits per heavy atom. The van der Waals surface area contributed by atoms with Gasteiger partial charge in [0.25, 0.3) is 0 Å². The van der Waals surface area contributed by atoms with Gasteiger partial charge in [0.05, 0.1) is 22.3 Å². The topological polar surface area (TPSA) is 44.8 Å². The van der Waals surface area contributed by atoms with E-state index in [1.54, 1.807) is 19.1 Å². The van der Waals surface area contributed by atoms with Gasteiger partial charge in [-0.25, -0.2) is 4.79 Å². The number of hydrogen-bond donors (Lipinski definition) is 0. The Bertz CT molecular complexity index is 695. The van der Waals surface area contributed by atoms with Crippen LogP contribution in [0.15, 0.2) is 36.4 Å². The first-order chi connectivity index (χ1) is 11.5. The molecule has 0 aliphatic carbocycles. The van der Waals surface area contributed by atoms with E-state index in [9.17, 15) is 4.79 Å². The molecule has 0 aliphatic rings. The van der Waals surface area contributed by atoms with Crippen molar-refractivity contribution in [2.45, 2.75) is 27.4 Å². The van der Waals surface area contributed by atoms with Crippen LogP contribution in [0.25, 0.3) is 0 Å². The fourth-order valence-corrected chi connectivity index (χ4v) is 2.90. The molecule has 128 valence electrons. The van der Waals surface area contributed by atoms with Crippen LogP contribution in [-0.4, -0.2) is 19.2 Å². The van der Waals surface area contributed by atoms with Crippen molar-refractivity contribution in [2.24, 2.45) is 0 Å². The Balaban J connectivity index is 2.24. The minimum atomic E-state index is -0.360. The van der Waals surface area contributed by atoms with Crippen molar-refractivity contribution in [1.82, 2.24) is 0 Å². The smallest absolute Gasteiger partial charge is 0.338 e. The van der Waals surface area contributed by atoms with Crippen molar-refractivity contribution in [1.29, 1.82) is 0 Å². The highest BCUT2D eigenvalue weighted by Crippen LogP contribution is 2.35. The van der Waals surface area contributed by atoms with Crippen LogP contribution < -0.4 is 9.47 Å². The lowest BCUT2D eigenvalue weighted by atomic mass is 10.1. The van der Waals surface area contributed by atoms with E-state index in [0.29, 0.717) is 36.9 Å². The Hall–Kier alpha value is -1.76. The van der Waals surface area contributed by atoms with Gasteiger partial charge in [0.2, 0.25) is 0 Å². The summed E-state index contributed by atoms with van der Waals surface area (Å²) >= 11 is 2.15. The van der Waals surface area contributed by atoms with E-state index in [0.717, 1.165) is 9.13 Å². The zero-order valence-electron chi connectivity index (χ0n) is 14.1. The fraction of sp³-hybridized carbons (Fsp3) is 0.316. The summed E-state index contributed by atoms with van der Waals surface area (Å²) in [6.45, 7) is 7.00. The average molecular weight is 440 g/mol.